The summed E-state index contributed by atoms with van der Waals surface area (Å²) in [7, 11) is 1.65. The van der Waals surface area contributed by atoms with Gasteiger partial charge in [0.1, 0.15) is 5.75 Å². The van der Waals surface area contributed by atoms with Crippen molar-refractivity contribution in [3.8, 4) is 5.75 Å². The first-order valence-electron chi connectivity index (χ1n) is 6.92. The quantitative estimate of drug-likeness (QED) is 0.839. The van der Waals surface area contributed by atoms with Gasteiger partial charge >= 0.3 is 0 Å². The normalized spacial score (nSPS) is 19.9. The molecular weight excluding hydrogens is 240 g/mol. The summed E-state index contributed by atoms with van der Waals surface area (Å²) in [6, 6.07) is 7.70. The molecule has 2 N–H and O–H groups in total. The first kappa shape index (κ1) is 14.3. The third-order valence-electron chi connectivity index (χ3n) is 3.82. The van der Waals surface area contributed by atoms with E-state index in [1.165, 1.54) is 0 Å². The lowest BCUT2D eigenvalue weighted by Gasteiger charge is -2.31. The van der Waals surface area contributed by atoms with Gasteiger partial charge in [-0.1, -0.05) is 12.1 Å². The number of hydrogen-bond acceptors (Lipinski definition) is 4. The molecule has 19 heavy (non-hydrogen) atoms. The Balaban J connectivity index is 1.96. The van der Waals surface area contributed by atoms with Crippen molar-refractivity contribution in [2.24, 2.45) is 0 Å². The highest BCUT2D eigenvalue weighted by Crippen LogP contribution is 2.27. The Hall–Kier alpha value is -1.10. The van der Waals surface area contributed by atoms with E-state index in [-0.39, 0.29) is 0 Å². The summed E-state index contributed by atoms with van der Waals surface area (Å²) >= 11 is 0. The van der Waals surface area contributed by atoms with Crippen molar-refractivity contribution in [1.29, 1.82) is 0 Å². The molecule has 0 saturated carbocycles. The van der Waals surface area contributed by atoms with Crippen molar-refractivity contribution in [2.75, 3.05) is 39.8 Å². The van der Waals surface area contributed by atoms with Crippen molar-refractivity contribution >= 4 is 0 Å². The lowest BCUT2D eigenvalue weighted by atomic mass is 9.92. The monoisotopic (exact) mass is 264 g/mol. The molecule has 1 fully saturated rings. The Labute approximate surface area is 115 Å². The van der Waals surface area contributed by atoms with Gasteiger partial charge in [-0.3, -0.25) is 0 Å². The molecule has 0 aliphatic carbocycles. The molecule has 1 heterocycles. The molecule has 1 saturated heterocycles. The summed E-state index contributed by atoms with van der Waals surface area (Å²) in [6.45, 7) is 7.01. The van der Waals surface area contributed by atoms with Gasteiger partial charge in [0.2, 0.25) is 0 Å². The topological polar surface area (TPSA) is 44.7 Å². The lowest BCUT2D eigenvalue weighted by Crippen LogP contribution is -2.45. The van der Waals surface area contributed by atoms with Gasteiger partial charge in [0.25, 0.3) is 0 Å². The van der Waals surface area contributed by atoms with E-state index < -0.39 is 5.60 Å². The van der Waals surface area contributed by atoms with E-state index in [0.29, 0.717) is 0 Å². The van der Waals surface area contributed by atoms with Crippen molar-refractivity contribution in [3.05, 3.63) is 29.8 Å². The molecular formula is C15H24N2O2. The molecule has 1 aliphatic rings. The van der Waals surface area contributed by atoms with Crippen LogP contribution in [0.2, 0.25) is 0 Å². The molecule has 4 nitrogen and oxygen atoms in total. The van der Waals surface area contributed by atoms with Crippen molar-refractivity contribution in [3.63, 3.8) is 0 Å². The number of ether oxygens (including phenoxy) is 1. The predicted molar refractivity (Wildman–Crippen MR) is 76.5 cm³/mol. The summed E-state index contributed by atoms with van der Waals surface area (Å²) < 4.78 is 5.21. The van der Waals surface area contributed by atoms with Crippen LogP contribution in [-0.2, 0) is 5.60 Å². The van der Waals surface area contributed by atoms with Gasteiger partial charge in [0, 0.05) is 32.7 Å². The van der Waals surface area contributed by atoms with Gasteiger partial charge in [-0.2, -0.15) is 0 Å². The van der Waals surface area contributed by atoms with Crippen molar-refractivity contribution in [2.45, 2.75) is 18.9 Å². The molecule has 1 atom stereocenters. The Morgan fingerprint density at radius 2 is 2.11 bits per heavy atom. The number of aliphatic hydroxyl groups is 1. The SMILES string of the molecule is COc1cccc(C(C)(O)CCN2CCNCC2)c1. The maximum atomic E-state index is 10.6. The summed E-state index contributed by atoms with van der Waals surface area (Å²) in [6.07, 6.45) is 0.736. The summed E-state index contributed by atoms with van der Waals surface area (Å²) in [5, 5.41) is 14.0. The van der Waals surface area contributed by atoms with Gasteiger partial charge in [-0.25, -0.2) is 0 Å². The maximum absolute atomic E-state index is 10.6. The van der Waals surface area contributed by atoms with E-state index in [2.05, 4.69) is 10.2 Å². The van der Waals surface area contributed by atoms with Crippen LogP contribution in [0, 0.1) is 0 Å². The molecule has 0 aromatic heterocycles. The molecule has 1 aromatic carbocycles. The predicted octanol–water partition coefficient (Wildman–Crippen LogP) is 1.20. The molecule has 1 aliphatic heterocycles. The number of methoxy groups -OCH3 is 1. The van der Waals surface area contributed by atoms with Gasteiger partial charge in [-0.05, 0) is 31.0 Å². The van der Waals surface area contributed by atoms with Crippen LogP contribution >= 0.6 is 0 Å². The Bertz CT molecular complexity index is 401. The fourth-order valence-corrected chi connectivity index (χ4v) is 2.41. The standard InChI is InChI=1S/C15H24N2O2/c1-15(18,6-9-17-10-7-16-8-11-17)13-4-3-5-14(12-13)19-2/h3-5,12,16,18H,6-11H2,1-2H3. The number of piperazine rings is 1. The third-order valence-corrected chi connectivity index (χ3v) is 3.82. The van der Waals surface area contributed by atoms with Crippen LogP contribution < -0.4 is 10.1 Å². The number of hydrogen-bond donors (Lipinski definition) is 2. The zero-order valence-corrected chi connectivity index (χ0v) is 11.9. The average molecular weight is 264 g/mol. The van der Waals surface area contributed by atoms with E-state index in [1.54, 1.807) is 7.11 Å². The highest BCUT2D eigenvalue weighted by molar-refractivity contribution is 5.31. The van der Waals surface area contributed by atoms with Crippen LogP contribution in [0.5, 0.6) is 5.75 Å². The van der Waals surface area contributed by atoms with Gasteiger partial charge in [0.15, 0.2) is 0 Å². The Kier molecular flexibility index (Phi) is 4.80. The number of benzene rings is 1. The Morgan fingerprint density at radius 1 is 1.37 bits per heavy atom. The number of nitrogens with zero attached hydrogens (tertiary/aromatic N) is 1. The molecule has 4 heteroatoms. The molecule has 0 spiro atoms. The van der Waals surface area contributed by atoms with E-state index in [0.717, 1.165) is 50.5 Å². The van der Waals surface area contributed by atoms with Crippen LogP contribution in [0.15, 0.2) is 24.3 Å². The van der Waals surface area contributed by atoms with Crippen LogP contribution in [0.1, 0.15) is 18.9 Å². The summed E-state index contributed by atoms with van der Waals surface area (Å²) in [5.41, 5.74) is 0.112. The minimum absolute atomic E-state index is 0.736. The minimum atomic E-state index is -0.806. The van der Waals surface area contributed by atoms with Crippen LogP contribution in [0.25, 0.3) is 0 Å². The van der Waals surface area contributed by atoms with Gasteiger partial charge in [-0.15, -0.1) is 0 Å². The largest absolute Gasteiger partial charge is 0.497 e. The average Bonchev–Trinajstić information content (AvgIpc) is 2.46. The highest BCUT2D eigenvalue weighted by atomic mass is 16.5. The third kappa shape index (κ3) is 3.93. The fourth-order valence-electron chi connectivity index (χ4n) is 2.41. The second-order valence-electron chi connectivity index (χ2n) is 5.35. The zero-order valence-electron chi connectivity index (χ0n) is 11.9. The molecule has 0 bridgehead atoms. The van der Waals surface area contributed by atoms with E-state index in [9.17, 15) is 5.11 Å². The molecule has 0 amide bonds. The van der Waals surface area contributed by atoms with Crippen LogP contribution in [-0.4, -0.2) is 49.8 Å². The van der Waals surface area contributed by atoms with Crippen LogP contribution in [0.3, 0.4) is 0 Å². The van der Waals surface area contributed by atoms with Gasteiger partial charge in [0.05, 0.1) is 12.7 Å². The van der Waals surface area contributed by atoms with E-state index >= 15 is 0 Å². The lowest BCUT2D eigenvalue weighted by molar-refractivity contribution is 0.0343. The number of nitrogens with one attached hydrogen (secondary N) is 1. The van der Waals surface area contributed by atoms with Gasteiger partial charge < -0.3 is 20.1 Å². The molecule has 106 valence electrons. The second-order valence-corrected chi connectivity index (χ2v) is 5.35. The molecule has 0 radical (unpaired) electrons. The second kappa shape index (κ2) is 6.37. The highest BCUT2D eigenvalue weighted by Gasteiger charge is 2.24. The van der Waals surface area contributed by atoms with E-state index in [4.69, 9.17) is 4.74 Å². The number of rotatable bonds is 5. The molecule has 2 rings (SSSR count). The van der Waals surface area contributed by atoms with E-state index in [1.807, 2.05) is 31.2 Å². The fraction of sp³-hybridized carbons (Fsp3) is 0.600. The van der Waals surface area contributed by atoms with Crippen molar-refractivity contribution < 1.29 is 9.84 Å². The zero-order chi connectivity index (χ0) is 13.7. The maximum Gasteiger partial charge on any atom is 0.119 e. The summed E-state index contributed by atoms with van der Waals surface area (Å²) in [5.74, 6) is 0.792. The smallest absolute Gasteiger partial charge is 0.119 e. The minimum Gasteiger partial charge on any atom is -0.497 e. The van der Waals surface area contributed by atoms with Crippen LogP contribution in [0.4, 0.5) is 0 Å². The first-order chi connectivity index (χ1) is 9.12. The Morgan fingerprint density at radius 3 is 2.79 bits per heavy atom. The molecule has 1 aromatic rings. The van der Waals surface area contributed by atoms with Crippen molar-refractivity contribution in [1.82, 2.24) is 10.2 Å². The molecule has 1 unspecified atom stereocenters. The summed E-state index contributed by atoms with van der Waals surface area (Å²) in [4.78, 5) is 2.39. The first-order valence-corrected chi connectivity index (χ1v) is 6.92.